The van der Waals surface area contributed by atoms with E-state index in [1.165, 1.54) is 11.9 Å². The van der Waals surface area contributed by atoms with Crippen molar-refractivity contribution >= 4 is 39.2 Å². The molecule has 0 saturated heterocycles. The fraction of sp³-hybridized carbons (Fsp3) is 0.231. The second-order valence-corrected chi connectivity index (χ2v) is 5.86. The number of nitrogens with two attached hydrogens (primary N) is 1. The van der Waals surface area contributed by atoms with Gasteiger partial charge in [-0.05, 0) is 24.1 Å². The van der Waals surface area contributed by atoms with Crippen LogP contribution in [0, 0.1) is 0 Å². The fourth-order valence-corrected chi connectivity index (χ4v) is 2.51. The lowest BCUT2D eigenvalue weighted by Crippen LogP contribution is -2.08. The minimum absolute atomic E-state index is 0.306. The predicted octanol–water partition coefficient (Wildman–Crippen LogP) is 3.44. The average molecular weight is 340 g/mol. The van der Waals surface area contributed by atoms with Gasteiger partial charge in [0.15, 0.2) is 5.82 Å². The van der Waals surface area contributed by atoms with E-state index in [0.29, 0.717) is 28.6 Å². The zero-order valence-corrected chi connectivity index (χ0v) is 12.3. The molecule has 1 aliphatic carbocycles. The zero-order chi connectivity index (χ0) is 13.4. The average Bonchev–Trinajstić information content (AvgIpc) is 3.15. The highest BCUT2D eigenvalue weighted by Gasteiger charge is 2.38. The third-order valence-corrected chi connectivity index (χ3v) is 4.13. The molecule has 2 aromatic rings. The van der Waals surface area contributed by atoms with Crippen molar-refractivity contribution in [1.29, 1.82) is 0 Å². The first-order chi connectivity index (χ1) is 9.15. The van der Waals surface area contributed by atoms with Crippen LogP contribution in [-0.4, -0.2) is 16.0 Å². The normalized spacial score (nSPS) is 21.2. The minimum Gasteiger partial charge on any atom is -0.382 e. The summed E-state index contributed by atoms with van der Waals surface area (Å²) < 4.78 is 1.09. The van der Waals surface area contributed by atoms with Crippen LogP contribution >= 0.6 is 27.5 Å². The smallest absolute Gasteiger partial charge is 0.150 e. The lowest BCUT2D eigenvalue weighted by molar-refractivity contribution is 1.02. The minimum atomic E-state index is 0.306. The number of halogens is 2. The third-order valence-electron chi connectivity index (χ3n) is 3.23. The summed E-state index contributed by atoms with van der Waals surface area (Å²) in [4.78, 5) is 7.96. The molecule has 0 bridgehead atoms. The van der Waals surface area contributed by atoms with Crippen LogP contribution in [0.1, 0.15) is 17.9 Å². The summed E-state index contributed by atoms with van der Waals surface area (Å²) in [6, 6.07) is 8.73. The van der Waals surface area contributed by atoms with Crippen molar-refractivity contribution in [1.82, 2.24) is 9.97 Å². The van der Waals surface area contributed by atoms with Crippen molar-refractivity contribution < 1.29 is 0 Å². The number of rotatable bonds is 3. The summed E-state index contributed by atoms with van der Waals surface area (Å²) in [5.74, 6) is 1.42. The standard InChI is InChI=1S/C13H12BrClN4/c14-8-3-1-7(2-4-8)9-5-10(9)19-13-11(15)12(16)17-6-18-13/h1-4,6,9-10H,5H2,(H3,16,17,18,19). The van der Waals surface area contributed by atoms with Crippen molar-refractivity contribution in [2.24, 2.45) is 0 Å². The van der Waals surface area contributed by atoms with Gasteiger partial charge in [-0.15, -0.1) is 0 Å². The van der Waals surface area contributed by atoms with Gasteiger partial charge in [-0.2, -0.15) is 0 Å². The summed E-state index contributed by atoms with van der Waals surface area (Å²) in [6.45, 7) is 0. The second-order valence-electron chi connectivity index (χ2n) is 4.57. The lowest BCUT2D eigenvalue weighted by atomic mass is 10.1. The number of hydrogen-bond acceptors (Lipinski definition) is 4. The van der Waals surface area contributed by atoms with E-state index in [1.807, 2.05) is 0 Å². The molecular formula is C13H12BrClN4. The molecule has 0 aliphatic heterocycles. The van der Waals surface area contributed by atoms with Gasteiger partial charge in [-0.3, -0.25) is 0 Å². The first-order valence-corrected chi connectivity index (χ1v) is 7.10. The van der Waals surface area contributed by atoms with Crippen molar-refractivity contribution in [2.45, 2.75) is 18.4 Å². The number of aromatic nitrogens is 2. The van der Waals surface area contributed by atoms with Crippen LogP contribution in [0.4, 0.5) is 11.6 Å². The highest BCUT2D eigenvalue weighted by atomic mass is 79.9. The molecule has 4 nitrogen and oxygen atoms in total. The van der Waals surface area contributed by atoms with E-state index in [0.717, 1.165) is 10.9 Å². The maximum atomic E-state index is 6.06. The van der Waals surface area contributed by atoms with Gasteiger partial charge in [-0.1, -0.05) is 39.7 Å². The molecule has 1 saturated carbocycles. The predicted molar refractivity (Wildman–Crippen MR) is 80.4 cm³/mol. The molecule has 0 spiro atoms. The van der Waals surface area contributed by atoms with Crippen LogP contribution in [0.25, 0.3) is 0 Å². The van der Waals surface area contributed by atoms with E-state index in [-0.39, 0.29) is 0 Å². The molecule has 0 amide bonds. The summed E-state index contributed by atoms with van der Waals surface area (Å²) in [7, 11) is 0. The van der Waals surface area contributed by atoms with Gasteiger partial charge in [0.25, 0.3) is 0 Å². The zero-order valence-electron chi connectivity index (χ0n) is 9.98. The van der Waals surface area contributed by atoms with Crippen LogP contribution in [-0.2, 0) is 0 Å². The monoisotopic (exact) mass is 338 g/mol. The molecule has 6 heteroatoms. The Balaban J connectivity index is 1.70. The molecule has 2 unspecified atom stereocenters. The molecule has 3 N–H and O–H groups in total. The molecule has 98 valence electrons. The number of nitrogens with zero attached hydrogens (tertiary/aromatic N) is 2. The Hall–Kier alpha value is -1.33. The number of nitrogens with one attached hydrogen (secondary N) is 1. The Morgan fingerprint density at radius 1 is 1.26 bits per heavy atom. The third kappa shape index (κ3) is 2.67. The molecule has 1 fully saturated rings. The summed E-state index contributed by atoms with van der Waals surface area (Å²) >= 11 is 9.50. The van der Waals surface area contributed by atoms with Gasteiger partial charge in [-0.25, -0.2) is 9.97 Å². The van der Waals surface area contributed by atoms with Gasteiger partial charge >= 0.3 is 0 Å². The second kappa shape index (κ2) is 4.98. The Kier molecular flexibility index (Phi) is 3.33. The summed E-state index contributed by atoms with van der Waals surface area (Å²) in [6.07, 6.45) is 2.49. The molecule has 0 radical (unpaired) electrons. The van der Waals surface area contributed by atoms with Crippen LogP contribution in [0.5, 0.6) is 0 Å². The first-order valence-electron chi connectivity index (χ1n) is 5.93. The van der Waals surface area contributed by atoms with Crippen LogP contribution in [0.3, 0.4) is 0 Å². The van der Waals surface area contributed by atoms with Gasteiger partial charge in [0.1, 0.15) is 17.2 Å². The van der Waals surface area contributed by atoms with Gasteiger partial charge in [0, 0.05) is 16.4 Å². The Morgan fingerprint density at radius 3 is 2.74 bits per heavy atom. The molecule has 1 aromatic carbocycles. The molecule has 1 heterocycles. The number of nitrogen functional groups attached to an aromatic ring is 1. The van der Waals surface area contributed by atoms with Crippen molar-refractivity contribution in [3.8, 4) is 0 Å². The Morgan fingerprint density at radius 2 is 2.00 bits per heavy atom. The molecular weight excluding hydrogens is 328 g/mol. The highest BCUT2D eigenvalue weighted by molar-refractivity contribution is 9.10. The highest BCUT2D eigenvalue weighted by Crippen LogP contribution is 2.43. The molecule has 2 atom stereocenters. The van der Waals surface area contributed by atoms with Crippen molar-refractivity contribution in [3.05, 3.63) is 45.7 Å². The van der Waals surface area contributed by atoms with E-state index >= 15 is 0 Å². The summed E-state index contributed by atoms with van der Waals surface area (Å²) in [5.41, 5.74) is 6.97. The largest absolute Gasteiger partial charge is 0.382 e. The number of anilines is 2. The quantitative estimate of drug-likeness (QED) is 0.899. The summed E-state index contributed by atoms with van der Waals surface area (Å²) in [5, 5.41) is 3.71. The molecule has 19 heavy (non-hydrogen) atoms. The van der Waals surface area contributed by atoms with Crippen LogP contribution < -0.4 is 11.1 Å². The Labute approximate surface area is 124 Å². The molecule has 1 aliphatic rings. The maximum absolute atomic E-state index is 6.06. The van der Waals surface area contributed by atoms with E-state index < -0.39 is 0 Å². The molecule has 1 aromatic heterocycles. The van der Waals surface area contributed by atoms with Gasteiger partial charge in [0.2, 0.25) is 0 Å². The van der Waals surface area contributed by atoms with Crippen molar-refractivity contribution in [2.75, 3.05) is 11.1 Å². The van der Waals surface area contributed by atoms with Gasteiger partial charge in [0.05, 0.1) is 0 Å². The van der Waals surface area contributed by atoms with E-state index in [9.17, 15) is 0 Å². The van der Waals surface area contributed by atoms with E-state index in [2.05, 4.69) is 55.5 Å². The topological polar surface area (TPSA) is 63.8 Å². The number of hydrogen-bond donors (Lipinski definition) is 2. The van der Waals surface area contributed by atoms with Crippen molar-refractivity contribution in [3.63, 3.8) is 0 Å². The van der Waals surface area contributed by atoms with E-state index in [4.69, 9.17) is 17.3 Å². The van der Waals surface area contributed by atoms with Gasteiger partial charge < -0.3 is 11.1 Å². The maximum Gasteiger partial charge on any atom is 0.150 e. The molecule has 3 rings (SSSR count). The fourth-order valence-electron chi connectivity index (χ4n) is 2.09. The SMILES string of the molecule is Nc1ncnc(NC2CC2c2ccc(Br)cc2)c1Cl. The Bertz CT molecular complexity index is 602. The van der Waals surface area contributed by atoms with E-state index in [1.54, 1.807) is 0 Å². The number of benzene rings is 1. The first kappa shape index (κ1) is 12.7. The lowest BCUT2D eigenvalue weighted by Gasteiger charge is -2.07. The van der Waals surface area contributed by atoms with Crippen LogP contribution in [0.2, 0.25) is 5.02 Å². The van der Waals surface area contributed by atoms with Crippen LogP contribution in [0.15, 0.2) is 35.1 Å².